The molecule has 4 heterocycles. The number of nitrogens with one attached hydrogen (secondary N) is 2. The predicted octanol–water partition coefficient (Wildman–Crippen LogP) is 3.86. The Balaban J connectivity index is 1.29. The van der Waals surface area contributed by atoms with E-state index in [-0.39, 0.29) is 18.0 Å². The third kappa shape index (κ3) is 4.26. The number of para-hydroxylation sites is 1. The highest BCUT2D eigenvalue weighted by Gasteiger charge is 2.34. The van der Waals surface area contributed by atoms with Crippen molar-refractivity contribution in [1.29, 1.82) is 0 Å². The summed E-state index contributed by atoms with van der Waals surface area (Å²) in [4.78, 5) is 40.2. The van der Waals surface area contributed by atoms with E-state index in [1.54, 1.807) is 22.8 Å². The molecule has 11 heteroatoms. The number of ether oxygens (including phenoxy) is 1. The van der Waals surface area contributed by atoms with Gasteiger partial charge in [-0.3, -0.25) is 4.79 Å². The zero-order valence-corrected chi connectivity index (χ0v) is 20.1. The van der Waals surface area contributed by atoms with Crippen molar-refractivity contribution in [3.63, 3.8) is 0 Å². The van der Waals surface area contributed by atoms with Crippen LogP contribution >= 0.6 is 11.3 Å². The third-order valence-corrected chi connectivity index (χ3v) is 6.33. The Kier molecular flexibility index (Phi) is 5.35. The minimum atomic E-state index is -0.526. The average molecular weight is 480 g/mol. The standard InChI is InChI=1S/C23H25N7O3S/c1-23(2,3)33-22(32)30-9-13(10-30)26-21-24-8-17-18(28-21)14(11-34-17)20(31)27-15-6-5-7-16-19(15)25-12-29(16)4/h5-8,11-13H,9-10H2,1-4H3,(H,27,31)(H,24,26,28). The number of anilines is 2. The second kappa shape index (κ2) is 8.24. The molecule has 34 heavy (non-hydrogen) atoms. The van der Waals surface area contributed by atoms with Crippen LogP contribution < -0.4 is 10.6 Å². The number of hydrogen-bond donors (Lipinski definition) is 2. The molecule has 1 saturated heterocycles. The Morgan fingerprint density at radius 2 is 1.97 bits per heavy atom. The van der Waals surface area contributed by atoms with E-state index in [1.807, 2.05) is 50.6 Å². The second-order valence-electron chi connectivity index (χ2n) is 9.27. The number of carbonyl (C=O) groups excluding carboxylic acids is 2. The fraction of sp³-hybridized carbons (Fsp3) is 0.348. The highest BCUT2D eigenvalue weighted by Crippen LogP contribution is 2.28. The van der Waals surface area contributed by atoms with Gasteiger partial charge in [0.25, 0.3) is 5.91 Å². The van der Waals surface area contributed by atoms with Crippen molar-refractivity contribution >= 4 is 56.2 Å². The summed E-state index contributed by atoms with van der Waals surface area (Å²) in [6, 6.07) is 5.68. The number of hydrogen-bond acceptors (Lipinski definition) is 8. The minimum Gasteiger partial charge on any atom is -0.444 e. The maximum Gasteiger partial charge on any atom is 0.410 e. The fourth-order valence-corrected chi connectivity index (χ4v) is 4.58. The van der Waals surface area contributed by atoms with E-state index >= 15 is 0 Å². The van der Waals surface area contributed by atoms with Crippen LogP contribution in [-0.2, 0) is 11.8 Å². The van der Waals surface area contributed by atoms with Gasteiger partial charge in [-0.1, -0.05) is 6.07 Å². The quantitative estimate of drug-likeness (QED) is 0.457. The molecule has 0 aliphatic carbocycles. The normalized spacial score (nSPS) is 14.3. The average Bonchev–Trinajstić information content (AvgIpc) is 3.33. The van der Waals surface area contributed by atoms with Gasteiger partial charge in [-0.25, -0.2) is 19.7 Å². The van der Waals surface area contributed by atoms with E-state index in [4.69, 9.17) is 4.74 Å². The van der Waals surface area contributed by atoms with Crippen LogP contribution in [0.15, 0.2) is 36.1 Å². The van der Waals surface area contributed by atoms with Crippen molar-refractivity contribution in [1.82, 2.24) is 24.4 Å². The Morgan fingerprint density at radius 1 is 1.18 bits per heavy atom. The number of nitrogens with zero attached hydrogens (tertiary/aromatic N) is 5. The molecular formula is C23H25N7O3S. The monoisotopic (exact) mass is 479 g/mol. The van der Waals surface area contributed by atoms with Crippen LogP contribution in [0.1, 0.15) is 31.1 Å². The van der Waals surface area contributed by atoms with Crippen molar-refractivity contribution < 1.29 is 14.3 Å². The van der Waals surface area contributed by atoms with Crippen LogP contribution in [0.2, 0.25) is 0 Å². The van der Waals surface area contributed by atoms with Gasteiger partial charge in [0.05, 0.1) is 45.6 Å². The third-order valence-electron chi connectivity index (χ3n) is 5.43. The number of imidazole rings is 1. The molecule has 1 aromatic carbocycles. The SMILES string of the molecule is Cn1cnc2c(NC(=O)c3csc4cnc(NC5CN(C(=O)OC(C)(C)C)C5)nc34)cccc21. The molecule has 5 rings (SSSR count). The smallest absolute Gasteiger partial charge is 0.410 e. The summed E-state index contributed by atoms with van der Waals surface area (Å²) < 4.78 is 8.10. The molecule has 176 valence electrons. The van der Waals surface area contributed by atoms with Crippen molar-refractivity contribution in [3.8, 4) is 0 Å². The molecule has 2 N–H and O–H groups in total. The molecule has 0 bridgehead atoms. The summed E-state index contributed by atoms with van der Waals surface area (Å²) in [6.45, 7) is 6.53. The second-order valence-corrected chi connectivity index (χ2v) is 10.2. The predicted molar refractivity (Wildman–Crippen MR) is 131 cm³/mol. The Bertz CT molecular complexity index is 1400. The molecule has 1 aliphatic rings. The zero-order chi connectivity index (χ0) is 24.0. The number of likely N-dealkylation sites (tertiary alicyclic amines) is 1. The summed E-state index contributed by atoms with van der Waals surface area (Å²) in [6.07, 6.45) is 3.09. The summed E-state index contributed by atoms with van der Waals surface area (Å²) in [5.74, 6) is 0.161. The lowest BCUT2D eigenvalue weighted by Gasteiger charge is -2.39. The lowest BCUT2D eigenvalue weighted by molar-refractivity contribution is 0.0104. The Hall–Kier alpha value is -3.73. The number of fused-ring (bicyclic) bond motifs is 2. The van der Waals surface area contributed by atoms with E-state index in [9.17, 15) is 9.59 Å². The van der Waals surface area contributed by atoms with E-state index in [1.165, 1.54) is 11.3 Å². The first-order valence-corrected chi connectivity index (χ1v) is 11.8. The van der Waals surface area contributed by atoms with Crippen LogP contribution in [0.4, 0.5) is 16.4 Å². The van der Waals surface area contributed by atoms with Gasteiger partial charge >= 0.3 is 6.09 Å². The highest BCUT2D eigenvalue weighted by atomic mass is 32.1. The van der Waals surface area contributed by atoms with Crippen molar-refractivity contribution in [2.75, 3.05) is 23.7 Å². The van der Waals surface area contributed by atoms with Crippen LogP contribution in [0.3, 0.4) is 0 Å². The molecule has 0 spiro atoms. The lowest BCUT2D eigenvalue weighted by atomic mass is 10.1. The van der Waals surface area contributed by atoms with Gasteiger partial charge in [0, 0.05) is 25.5 Å². The molecule has 0 atom stereocenters. The molecule has 0 unspecified atom stereocenters. The van der Waals surface area contributed by atoms with Crippen LogP contribution in [0, 0.1) is 0 Å². The van der Waals surface area contributed by atoms with Crippen LogP contribution in [0.5, 0.6) is 0 Å². The van der Waals surface area contributed by atoms with Gasteiger partial charge < -0.3 is 24.8 Å². The molecule has 0 saturated carbocycles. The number of rotatable bonds is 4. The number of benzene rings is 1. The summed E-state index contributed by atoms with van der Waals surface area (Å²) >= 11 is 1.41. The molecule has 3 aromatic heterocycles. The van der Waals surface area contributed by atoms with Gasteiger partial charge in [0.15, 0.2) is 0 Å². The number of aromatic nitrogens is 4. The molecule has 4 aromatic rings. The first-order chi connectivity index (χ1) is 16.2. The van der Waals surface area contributed by atoms with E-state index in [0.29, 0.717) is 35.8 Å². The van der Waals surface area contributed by atoms with E-state index in [2.05, 4.69) is 25.6 Å². The van der Waals surface area contributed by atoms with Gasteiger partial charge in [0.1, 0.15) is 11.1 Å². The molecule has 1 aliphatic heterocycles. The first-order valence-electron chi connectivity index (χ1n) is 10.9. The maximum absolute atomic E-state index is 13.1. The number of carbonyl (C=O) groups is 2. The molecular weight excluding hydrogens is 454 g/mol. The Morgan fingerprint density at radius 3 is 2.74 bits per heavy atom. The van der Waals surface area contributed by atoms with Crippen molar-refractivity contribution in [2.24, 2.45) is 7.05 Å². The largest absolute Gasteiger partial charge is 0.444 e. The topological polar surface area (TPSA) is 114 Å². The summed E-state index contributed by atoms with van der Waals surface area (Å²) in [5, 5.41) is 7.99. The number of aryl methyl sites for hydroxylation is 1. The minimum absolute atomic E-state index is 0.0163. The zero-order valence-electron chi connectivity index (χ0n) is 19.3. The van der Waals surface area contributed by atoms with Gasteiger partial charge in [-0.15, -0.1) is 11.3 Å². The van der Waals surface area contributed by atoms with Gasteiger partial charge in [-0.2, -0.15) is 0 Å². The van der Waals surface area contributed by atoms with Crippen LogP contribution in [0.25, 0.3) is 21.3 Å². The maximum atomic E-state index is 13.1. The molecule has 1 fully saturated rings. The molecule has 10 nitrogen and oxygen atoms in total. The summed E-state index contributed by atoms with van der Waals surface area (Å²) in [7, 11) is 1.91. The van der Waals surface area contributed by atoms with Crippen molar-refractivity contribution in [3.05, 3.63) is 41.7 Å². The van der Waals surface area contributed by atoms with Crippen LogP contribution in [-0.4, -0.2) is 61.2 Å². The fourth-order valence-electron chi connectivity index (χ4n) is 3.74. The summed E-state index contributed by atoms with van der Waals surface area (Å²) in [5.41, 5.74) is 2.84. The lowest BCUT2D eigenvalue weighted by Crippen LogP contribution is -2.58. The van der Waals surface area contributed by atoms with E-state index in [0.717, 1.165) is 15.7 Å². The number of amides is 2. The van der Waals surface area contributed by atoms with Gasteiger partial charge in [-0.05, 0) is 32.9 Å². The van der Waals surface area contributed by atoms with E-state index < -0.39 is 5.60 Å². The van der Waals surface area contributed by atoms with Gasteiger partial charge in [0.2, 0.25) is 5.95 Å². The Labute approximate surface area is 200 Å². The number of thiophene rings is 1. The first kappa shape index (κ1) is 22.1. The molecule has 2 amide bonds. The highest BCUT2D eigenvalue weighted by molar-refractivity contribution is 7.17. The molecule has 0 radical (unpaired) electrons. The van der Waals surface area contributed by atoms with Crippen molar-refractivity contribution in [2.45, 2.75) is 32.4 Å².